The van der Waals surface area contributed by atoms with E-state index in [9.17, 15) is 9.59 Å². The predicted octanol–water partition coefficient (Wildman–Crippen LogP) is 2.07. The number of hydrogen-bond acceptors (Lipinski definition) is 6. The smallest absolute Gasteiger partial charge is 0.340 e. The van der Waals surface area contributed by atoms with Crippen LogP contribution in [0.1, 0.15) is 28.9 Å². The summed E-state index contributed by atoms with van der Waals surface area (Å²) < 4.78 is 14.4. The Bertz CT molecular complexity index is 616. The largest absolute Gasteiger partial charge is 0.500 e. The van der Waals surface area contributed by atoms with Crippen LogP contribution in [0.3, 0.4) is 0 Å². The van der Waals surface area contributed by atoms with Gasteiger partial charge in [-0.2, -0.15) is 4.37 Å². The van der Waals surface area contributed by atoms with Crippen LogP contribution < -0.4 is 0 Å². The van der Waals surface area contributed by atoms with Gasteiger partial charge in [0.2, 0.25) is 0 Å². The van der Waals surface area contributed by atoms with Gasteiger partial charge in [0.05, 0.1) is 36.0 Å². The zero-order chi connectivity index (χ0) is 14.1. The Morgan fingerprint density at radius 1 is 1.60 bits per heavy atom. The molecule has 20 heavy (non-hydrogen) atoms. The number of ether oxygens (including phenoxy) is 2. The number of Topliss-reactive ketones (excluding diaryl/α,β-unsaturated/α-hetero) is 1. The molecule has 5 nitrogen and oxygen atoms in total. The number of hydrogen-bond donors (Lipinski definition) is 0. The van der Waals surface area contributed by atoms with E-state index >= 15 is 0 Å². The van der Waals surface area contributed by atoms with Crippen LogP contribution in [0, 0.1) is 5.92 Å². The third-order valence-electron chi connectivity index (χ3n) is 3.40. The SMILES string of the molecule is CCOC(=O)c1csnc1C1C=CC2=COCC2C1=O. The summed E-state index contributed by atoms with van der Waals surface area (Å²) in [7, 11) is 0. The van der Waals surface area contributed by atoms with Gasteiger partial charge in [0.25, 0.3) is 0 Å². The highest BCUT2D eigenvalue weighted by molar-refractivity contribution is 7.04. The Labute approximate surface area is 120 Å². The van der Waals surface area contributed by atoms with Crippen LogP contribution in [0.25, 0.3) is 0 Å². The molecular weight excluding hydrogens is 278 g/mol. The van der Waals surface area contributed by atoms with Crippen LogP contribution in [0.4, 0.5) is 0 Å². The van der Waals surface area contributed by atoms with Crippen molar-refractivity contribution in [3.05, 3.63) is 40.6 Å². The lowest BCUT2D eigenvalue weighted by Gasteiger charge is -2.20. The van der Waals surface area contributed by atoms with Crippen molar-refractivity contribution < 1.29 is 19.1 Å². The molecule has 0 spiro atoms. The molecule has 1 aliphatic carbocycles. The van der Waals surface area contributed by atoms with Crippen LogP contribution in [0.5, 0.6) is 0 Å². The molecule has 0 amide bonds. The quantitative estimate of drug-likeness (QED) is 0.798. The van der Waals surface area contributed by atoms with Gasteiger partial charge in [-0.1, -0.05) is 12.2 Å². The molecule has 0 aromatic carbocycles. The van der Waals surface area contributed by atoms with Crippen LogP contribution >= 0.6 is 11.5 Å². The van der Waals surface area contributed by atoms with Crippen LogP contribution in [-0.2, 0) is 14.3 Å². The molecule has 104 valence electrons. The van der Waals surface area contributed by atoms with Crippen molar-refractivity contribution >= 4 is 23.3 Å². The van der Waals surface area contributed by atoms with Gasteiger partial charge in [0.15, 0.2) is 5.78 Å². The highest BCUT2D eigenvalue weighted by Gasteiger charge is 2.38. The highest BCUT2D eigenvalue weighted by Crippen LogP contribution is 2.35. The number of carbonyl (C=O) groups excluding carboxylic acids is 2. The molecule has 2 unspecified atom stereocenters. The number of ketones is 1. The summed E-state index contributed by atoms with van der Waals surface area (Å²) in [5.74, 6) is -1.15. The van der Waals surface area contributed by atoms with Gasteiger partial charge in [-0.05, 0) is 18.5 Å². The van der Waals surface area contributed by atoms with Gasteiger partial charge in [-0.3, -0.25) is 4.79 Å². The van der Waals surface area contributed by atoms with E-state index < -0.39 is 11.9 Å². The zero-order valence-electron chi connectivity index (χ0n) is 10.9. The summed E-state index contributed by atoms with van der Waals surface area (Å²) in [5.41, 5.74) is 1.76. The Morgan fingerprint density at radius 2 is 2.45 bits per heavy atom. The normalized spacial score (nSPS) is 24.1. The second-order valence-electron chi connectivity index (χ2n) is 4.58. The first kappa shape index (κ1) is 13.1. The number of aromatic nitrogens is 1. The van der Waals surface area contributed by atoms with Crippen molar-refractivity contribution in [2.24, 2.45) is 5.92 Å². The molecule has 0 fully saturated rings. The molecule has 0 saturated carbocycles. The summed E-state index contributed by atoms with van der Waals surface area (Å²) in [6, 6.07) is 0. The minimum atomic E-state index is -0.496. The maximum Gasteiger partial charge on any atom is 0.340 e. The van der Waals surface area contributed by atoms with Gasteiger partial charge >= 0.3 is 5.97 Å². The predicted molar refractivity (Wildman–Crippen MR) is 72.5 cm³/mol. The first-order valence-corrected chi connectivity index (χ1v) is 7.21. The second-order valence-corrected chi connectivity index (χ2v) is 5.21. The topological polar surface area (TPSA) is 65.5 Å². The number of nitrogens with zero attached hydrogens (tertiary/aromatic N) is 1. The third kappa shape index (κ3) is 2.06. The molecular formula is C14H13NO4S. The standard InChI is InChI=1S/C14H13NO4S/c1-2-19-14(17)11-7-20-15-12(11)9-4-3-8-5-18-6-10(8)13(9)16/h3-5,7,9-10H,2,6H2,1H3. The summed E-state index contributed by atoms with van der Waals surface area (Å²) in [5, 5.41) is 1.63. The minimum absolute atomic E-state index is 0.0210. The lowest BCUT2D eigenvalue weighted by Crippen LogP contribution is -2.27. The average molecular weight is 291 g/mol. The molecule has 0 saturated heterocycles. The van der Waals surface area contributed by atoms with E-state index in [1.54, 1.807) is 24.6 Å². The fourth-order valence-electron chi connectivity index (χ4n) is 2.40. The van der Waals surface area contributed by atoms with Crippen molar-refractivity contribution in [2.75, 3.05) is 13.2 Å². The summed E-state index contributed by atoms with van der Waals surface area (Å²) in [4.78, 5) is 24.4. The lowest BCUT2D eigenvalue weighted by molar-refractivity contribution is -0.122. The molecule has 0 bridgehead atoms. The Hall–Kier alpha value is -1.95. The molecule has 1 aromatic heterocycles. The van der Waals surface area contributed by atoms with E-state index in [0.717, 1.165) is 17.1 Å². The number of carbonyl (C=O) groups is 2. The molecule has 2 heterocycles. The number of allylic oxidation sites excluding steroid dienone is 2. The van der Waals surface area contributed by atoms with Crippen molar-refractivity contribution in [1.82, 2.24) is 4.37 Å². The van der Waals surface area contributed by atoms with Crippen LogP contribution in [0.15, 0.2) is 29.4 Å². The van der Waals surface area contributed by atoms with Crippen molar-refractivity contribution in [1.29, 1.82) is 0 Å². The molecule has 3 rings (SSSR count). The van der Waals surface area contributed by atoms with Crippen molar-refractivity contribution in [2.45, 2.75) is 12.8 Å². The maximum atomic E-state index is 12.5. The van der Waals surface area contributed by atoms with E-state index in [2.05, 4.69) is 4.37 Å². The fraction of sp³-hybridized carbons (Fsp3) is 0.357. The highest BCUT2D eigenvalue weighted by atomic mass is 32.1. The summed E-state index contributed by atoms with van der Waals surface area (Å²) in [6.45, 7) is 2.41. The van der Waals surface area contributed by atoms with Gasteiger partial charge in [-0.25, -0.2) is 4.79 Å². The molecule has 2 atom stereocenters. The second kappa shape index (κ2) is 5.20. The number of rotatable bonds is 3. The van der Waals surface area contributed by atoms with Gasteiger partial charge in [-0.15, -0.1) is 0 Å². The first-order chi connectivity index (χ1) is 9.72. The first-order valence-electron chi connectivity index (χ1n) is 6.37. The molecule has 0 radical (unpaired) electrons. The summed E-state index contributed by atoms with van der Waals surface area (Å²) >= 11 is 1.16. The van der Waals surface area contributed by atoms with E-state index in [-0.39, 0.29) is 11.7 Å². The summed E-state index contributed by atoms with van der Waals surface area (Å²) in [6.07, 6.45) is 5.26. The van der Waals surface area contributed by atoms with Gasteiger partial charge in [0.1, 0.15) is 6.61 Å². The Kier molecular flexibility index (Phi) is 3.40. The molecule has 0 N–H and O–H groups in total. The maximum absolute atomic E-state index is 12.5. The van der Waals surface area contributed by atoms with E-state index in [4.69, 9.17) is 9.47 Å². The number of esters is 1. The van der Waals surface area contributed by atoms with Crippen LogP contribution in [-0.4, -0.2) is 29.3 Å². The molecule has 1 aliphatic heterocycles. The third-order valence-corrected chi connectivity index (χ3v) is 4.05. The molecule has 6 heteroatoms. The Morgan fingerprint density at radius 3 is 3.25 bits per heavy atom. The van der Waals surface area contributed by atoms with E-state index in [1.807, 2.05) is 6.08 Å². The average Bonchev–Trinajstić information content (AvgIpc) is 3.08. The monoisotopic (exact) mass is 291 g/mol. The molecule has 1 aromatic rings. The zero-order valence-corrected chi connectivity index (χ0v) is 11.7. The molecule has 2 aliphatic rings. The van der Waals surface area contributed by atoms with E-state index in [1.165, 1.54) is 0 Å². The lowest BCUT2D eigenvalue weighted by atomic mass is 9.81. The minimum Gasteiger partial charge on any atom is -0.500 e. The van der Waals surface area contributed by atoms with Gasteiger partial charge < -0.3 is 9.47 Å². The number of fused-ring (bicyclic) bond motifs is 1. The fourth-order valence-corrected chi connectivity index (χ4v) is 3.10. The van der Waals surface area contributed by atoms with Gasteiger partial charge in [0, 0.05) is 11.0 Å². The van der Waals surface area contributed by atoms with Crippen molar-refractivity contribution in [3.63, 3.8) is 0 Å². The van der Waals surface area contributed by atoms with Crippen LogP contribution in [0.2, 0.25) is 0 Å². The Balaban J connectivity index is 1.93. The van der Waals surface area contributed by atoms with Crippen molar-refractivity contribution in [3.8, 4) is 0 Å². The van der Waals surface area contributed by atoms with E-state index in [0.29, 0.717) is 24.5 Å².